The van der Waals surface area contributed by atoms with Crippen LogP contribution in [0.1, 0.15) is 25.3 Å². The highest BCUT2D eigenvalue weighted by Crippen LogP contribution is 2.00. The van der Waals surface area contributed by atoms with E-state index in [0.29, 0.717) is 0 Å². The molecule has 1 rings (SSSR count). The first-order valence-corrected chi connectivity index (χ1v) is 7.41. The maximum atomic E-state index is 11.7. The molecule has 0 aromatic heterocycles. The molecule has 8 nitrogen and oxygen atoms in total. The molecule has 130 valence electrons. The predicted octanol–water partition coefficient (Wildman–Crippen LogP) is 0.252. The van der Waals surface area contributed by atoms with Gasteiger partial charge in [0.05, 0.1) is 0 Å². The Balaban J connectivity index is 2.31. The molecule has 0 heterocycles. The van der Waals surface area contributed by atoms with E-state index in [1.807, 2.05) is 18.2 Å². The van der Waals surface area contributed by atoms with Crippen molar-refractivity contribution in [2.75, 3.05) is 6.54 Å². The topological polar surface area (TPSA) is 128 Å². The van der Waals surface area contributed by atoms with Crippen molar-refractivity contribution in [3.8, 4) is 0 Å². The van der Waals surface area contributed by atoms with Crippen LogP contribution >= 0.6 is 0 Å². The number of hydrogen-bond donors (Lipinski definition) is 3. The molecule has 4 N–H and O–H groups in total. The molecule has 8 heteroatoms. The number of ether oxygens (including phenoxy) is 1. The molecule has 0 unspecified atom stereocenters. The van der Waals surface area contributed by atoms with Crippen LogP contribution in [0.15, 0.2) is 30.3 Å². The van der Waals surface area contributed by atoms with Crippen molar-refractivity contribution < 1.29 is 23.9 Å². The molecule has 0 fully saturated rings. The largest absolute Gasteiger partial charge is 0.445 e. The second-order valence-electron chi connectivity index (χ2n) is 5.18. The molecule has 0 saturated carbocycles. The Bertz CT molecular complexity index is 589. The molecule has 0 radical (unpaired) electrons. The standard InChI is InChI=1S/C16H21N3O5/c1-11(20)7-8-13(15(17)22)19-14(21)9-18-16(23)24-10-12-5-3-2-4-6-12/h2-6,13H,7-10H2,1H3,(H2,17,22)(H,18,23)(H,19,21)/t13-/m1/s1. The first kappa shape index (κ1) is 19.1. The number of carbonyl (C=O) groups excluding carboxylic acids is 4. The maximum absolute atomic E-state index is 11.7. The summed E-state index contributed by atoms with van der Waals surface area (Å²) in [6.07, 6.45) is -0.511. The van der Waals surface area contributed by atoms with Crippen LogP contribution in [-0.4, -0.2) is 36.3 Å². The van der Waals surface area contributed by atoms with E-state index in [-0.39, 0.29) is 31.8 Å². The monoisotopic (exact) mass is 335 g/mol. The molecular formula is C16H21N3O5. The third kappa shape index (κ3) is 7.92. The summed E-state index contributed by atoms with van der Waals surface area (Å²) in [6.45, 7) is 1.10. The van der Waals surface area contributed by atoms with Crippen LogP contribution in [-0.2, 0) is 25.7 Å². The van der Waals surface area contributed by atoms with Crippen molar-refractivity contribution >= 4 is 23.7 Å². The second-order valence-corrected chi connectivity index (χ2v) is 5.18. The smallest absolute Gasteiger partial charge is 0.407 e. The van der Waals surface area contributed by atoms with Crippen LogP contribution < -0.4 is 16.4 Å². The minimum Gasteiger partial charge on any atom is -0.445 e. The summed E-state index contributed by atoms with van der Waals surface area (Å²) in [6, 6.07) is 8.11. The molecule has 24 heavy (non-hydrogen) atoms. The summed E-state index contributed by atoms with van der Waals surface area (Å²) in [5.41, 5.74) is 5.98. The van der Waals surface area contributed by atoms with Gasteiger partial charge in [0.2, 0.25) is 11.8 Å². The van der Waals surface area contributed by atoms with Gasteiger partial charge in [-0.2, -0.15) is 0 Å². The summed E-state index contributed by atoms with van der Waals surface area (Å²) in [4.78, 5) is 45.4. The zero-order valence-corrected chi connectivity index (χ0v) is 13.4. The molecule has 0 saturated heterocycles. The van der Waals surface area contributed by atoms with Gasteiger partial charge in [0.25, 0.3) is 0 Å². The van der Waals surface area contributed by atoms with Gasteiger partial charge in [0.15, 0.2) is 0 Å². The number of rotatable bonds is 9. The van der Waals surface area contributed by atoms with Crippen LogP contribution in [0.4, 0.5) is 4.79 Å². The van der Waals surface area contributed by atoms with E-state index in [1.54, 1.807) is 12.1 Å². The molecule has 1 aromatic rings. The first-order chi connectivity index (χ1) is 11.4. The number of nitrogens with one attached hydrogen (secondary N) is 2. The fraction of sp³-hybridized carbons (Fsp3) is 0.375. The van der Waals surface area contributed by atoms with Gasteiger partial charge in [-0.25, -0.2) is 4.79 Å². The normalized spacial score (nSPS) is 11.2. The van der Waals surface area contributed by atoms with Crippen molar-refractivity contribution in [1.29, 1.82) is 0 Å². The van der Waals surface area contributed by atoms with Gasteiger partial charge < -0.3 is 25.9 Å². The molecule has 0 bridgehead atoms. The SMILES string of the molecule is CC(=O)CC[C@@H](NC(=O)CNC(=O)OCc1ccccc1)C(N)=O. The average Bonchev–Trinajstić information content (AvgIpc) is 2.55. The summed E-state index contributed by atoms with van der Waals surface area (Å²) < 4.78 is 4.94. The highest BCUT2D eigenvalue weighted by Gasteiger charge is 2.18. The molecule has 0 aliphatic rings. The van der Waals surface area contributed by atoms with Crippen molar-refractivity contribution in [3.63, 3.8) is 0 Å². The lowest BCUT2D eigenvalue weighted by molar-refractivity contribution is -0.127. The molecule has 1 aromatic carbocycles. The Labute approximate surface area is 139 Å². The van der Waals surface area contributed by atoms with E-state index >= 15 is 0 Å². The van der Waals surface area contributed by atoms with Gasteiger partial charge in [-0.05, 0) is 18.9 Å². The number of amides is 3. The third-order valence-electron chi connectivity index (χ3n) is 3.07. The van der Waals surface area contributed by atoms with E-state index in [4.69, 9.17) is 10.5 Å². The Morgan fingerprint density at radius 3 is 2.42 bits per heavy atom. The van der Waals surface area contributed by atoms with Crippen molar-refractivity contribution in [1.82, 2.24) is 10.6 Å². The molecule has 0 aliphatic heterocycles. The van der Waals surface area contributed by atoms with Crippen LogP contribution in [0.25, 0.3) is 0 Å². The van der Waals surface area contributed by atoms with Crippen LogP contribution in [0.5, 0.6) is 0 Å². The maximum Gasteiger partial charge on any atom is 0.407 e. The zero-order chi connectivity index (χ0) is 17.9. The summed E-state index contributed by atoms with van der Waals surface area (Å²) in [5.74, 6) is -1.45. The van der Waals surface area contributed by atoms with Gasteiger partial charge in [-0.3, -0.25) is 9.59 Å². The Hall–Kier alpha value is -2.90. The summed E-state index contributed by atoms with van der Waals surface area (Å²) in [5, 5.41) is 4.63. The predicted molar refractivity (Wildman–Crippen MR) is 85.7 cm³/mol. The molecule has 0 aliphatic carbocycles. The average molecular weight is 335 g/mol. The van der Waals surface area contributed by atoms with E-state index < -0.39 is 23.9 Å². The van der Waals surface area contributed by atoms with Crippen LogP contribution in [0.3, 0.4) is 0 Å². The highest BCUT2D eigenvalue weighted by molar-refractivity contribution is 5.89. The Morgan fingerprint density at radius 1 is 1.17 bits per heavy atom. The van der Waals surface area contributed by atoms with Crippen molar-refractivity contribution in [2.45, 2.75) is 32.4 Å². The number of hydrogen-bond acceptors (Lipinski definition) is 5. The lowest BCUT2D eigenvalue weighted by Gasteiger charge is -2.15. The van der Waals surface area contributed by atoms with Crippen LogP contribution in [0, 0.1) is 0 Å². The fourth-order valence-corrected chi connectivity index (χ4v) is 1.81. The third-order valence-corrected chi connectivity index (χ3v) is 3.07. The highest BCUT2D eigenvalue weighted by atomic mass is 16.5. The number of carbonyl (C=O) groups is 4. The number of ketones is 1. The van der Waals surface area contributed by atoms with E-state index in [2.05, 4.69) is 10.6 Å². The van der Waals surface area contributed by atoms with E-state index in [0.717, 1.165) is 5.56 Å². The lowest BCUT2D eigenvalue weighted by Crippen LogP contribution is -2.48. The van der Waals surface area contributed by atoms with Gasteiger partial charge in [-0.15, -0.1) is 0 Å². The second kappa shape index (κ2) is 9.98. The van der Waals surface area contributed by atoms with Gasteiger partial charge in [-0.1, -0.05) is 30.3 Å². The number of Topliss-reactive ketones (excluding diaryl/α,β-unsaturated/α-hetero) is 1. The van der Waals surface area contributed by atoms with Gasteiger partial charge in [0.1, 0.15) is 25.0 Å². The quantitative estimate of drug-likeness (QED) is 0.596. The minimum absolute atomic E-state index is 0.0802. The lowest BCUT2D eigenvalue weighted by atomic mass is 10.1. The Kier molecular flexibility index (Phi) is 7.97. The summed E-state index contributed by atoms with van der Waals surface area (Å²) >= 11 is 0. The molecule has 0 spiro atoms. The number of nitrogens with two attached hydrogens (primary N) is 1. The number of alkyl carbamates (subject to hydrolysis) is 1. The summed E-state index contributed by atoms with van der Waals surface area (Å²) in [7, 11) is 0. The molecule has 1 atom stereocenters. The zero-order valence-electron chi connectivity index (χ0n) is 13.4. The van der Waals surface area contributed by atoms with E-state index in [9.17, 15) is 19.2 Å². The fourth-order valence-electron chi connectivity index (χ4n) is 1.81. The van der Waals surface area contributed by atoms with Crippen LogP contribution in [0.2, 0.25) is 0 Å². The van der Waals surface area contributed by atoms with Gasteiger partial charge in [0, 0.05) is 6.42 Å². The first-order valence-electron chi connectivity index (χ1n) is 7.41. The van der Waals surface area contributed by atoms with Gasteiger partial charge >= 0.3 is 6.09 Å². The Morgan fingerprint density at radius 2 is 1.83 bits per heavy atom. The minimum atomic E-state index is -0.955. The number of benzene rings is 1. The molecule has 3 amide bonds. The molecular weight excluding hydrogens is 314 g/mol. The van der Waals surface area contributed by atoms with E-state index in [1.165, 1.54) is 6.92 Å². The van der Waals surface area contributed by atoms with Crippen molar-refractivity contribution in [3.05, 3.63) is 35.9 Å². The van der Waals surface area contributed by atoms with Crippen molar-refractivity contribution in [2.24, 2.45) is 5.73 Å². The number of primary amides is 1.